The Morgan fingerprint density at radius 1 is 0.478 bits per heavy atom. The van der Waals surface area contributed by atoms with Crippen LogP contribution in [-0.2, 0) is 19.1 Å². The molecule has 250 valence electrons. The molecular weight excluding hydrogens is 615 g/mol. The average molecular weight is 668 g/mol. The Bertz CT molecular complexity index is 1110. The largest absolute Gasteiger partial charge is 0.463 e. The fourth-order valence-electron chi connectivity index (χ4n) is 4.85. The molecule has 0 bridgehead atoms. The molecule has 0 unspecified atom stereocenters. The van der Waals surface area contributed by atoms with Gasteiger partial charge in [0.05, 0.1) is 13.2 Å². The molecule has 2 aromatic rings. The maximum absolute atomic E-state index is 11.8. The summed E-state index contributed by atoms with van der Waals surface area (Å²) in [5.74, 6) is 6.11. The molecule has 2 aromatic carbocycles. The lowest BCUT2D eigenvalue weighted by Crippen LogP contribution is -2.02. The number of halogens is 2. The first-order chi connectivity index (χ1) is 22.5. The lowest BCUT2D eigenvalue weighted by molar-refractivity contribution is -0.138. The lowest BCUT2D eigenvalue weighted by atomic mass is 10.1. The van der Waals surface area contributed by atoms with E-state index in [-0.39, 0.29) is 11.9 Å². The molecule has 0 amide bonds. The zero-order chi connectivity index (χ0) is 32.9. The number of benzene rings is 2. The molecule has 0 aliphatic carbocycles. The van der Waals surface area contributed by atoms with Crippen molar-refractivity contribution in [3.05, 3.63) is 81.9 Å². The highest BCUT2D eigenvalue weighted by atomic mass is 35.5. The maximum atomic E-state index is 11.8. The topological polar surface area (TPSA) is 52.6 Å². The van der Waals surface area contributed by atoms with Gasteiger partial charge in [0.2, 0.25) is 0 Å². The second kappa shape index (κ2) is 27.1. The van der Waals surface area contributed by atoms with E-state index in [0.29, 0.717) is 23.3 Å². The number of rotatable bonds is 24. The molecule has 2 rings (SSSR count). The highest BCUT2D eigenvalue weighted by Gasteiger charge is 2.00. The number of carbonyl (C=O) groups is 2. The van der Waals surface area contributed by atoms with E-state index in [1.807, 2.05) is 24.3 Å². The van der Waals surface area contributed by atoms with Gasteiger partial charge in [-0.3, -0.25) is 0 Å². The van der Waals surface area contributed by atoms with Gasteiger partial charge in [0, 0.05) is 35.0 Å². The minimum absolute atomic E-state index is 0.296. The van der Waals surface area contributed by atoms with Crippen molar-refractivity contribution in [3.8, 4) is 11.8 Å². The lowest BCUT2D eigenvalue weighted by Gasteiger charge is -2.03. The molecule has 0 radical (unpaired) electrons. The van der Waals surface area contributed by atoms with E-state index >= 15 is 0 Å². The summed E-state index contributed by atoms with van der Waals surface area (Å²) in [6.07, 6.45) is 27.4. The van der Waals surface area contributed by atoms with Crippen molar-refractivity contribution in [2.45, 2.75) is 116 Å². The molecule has 0 saturated carbocycles. The zero-order valence-corrected chi connectivity index (χ0v) is 29.0. The Labute approximate surface area is 287 Å². The Kier molecular flexibility index (Phi) is 23.1. The zero-order valence-electron chi connectivity index (χ0n) is 27.5. The maximum Gasteiger partial charge on any atom is 0.330 e. The Morgan fingerprint density at radius 2 is 0.783 bits per heavy atom. The van der Waals surface area contributed by atoms with Crippen molar-refractivity contribution < 1.29 is 19.1 Å². The van der Waals surface area contributed by atoms with Gasteiger partial charge in [-0.2, -0.15) is 0 Å². The van der Waals surface area contributed by atoms with Crippen LogP contribution in [0.4, 0.5) is 0 Å². The molecule has 0 atom stereocenters. The quantitative estimate of drug-likeness (QED) is 0.0484. The van der Waals surface area contributed by atoms with E-state index < -0.39 is 0 Å². The van der Waals surface area contributed by atoms with Crippen molar-refractivity contribution >= 4 is 47.3 Å². The molecule has 46 heavy (non-hydrogen) atoms. The summed E-state index contributed by atoms with van der Waals surface area (Å²) in [6, 6.07) is 14.7. The van der Waals surface area contributed by atoms with Crippen molar-refractivity contribution in [1.82, 2.24) is 0 Å². The van der Waals surface area contributed by atoms with Crippen LogP contribution in [0, 0.1) is 11.8 Å². The SMILES string of the molecule is O=C(/C=C/c1ccc(Cl)cc1)OCCCCCCCCCCC#CCCCCCCCCCCOC(=O)/C=C/c1ccc(Cl)cc1. The number of unbranched alkanes of at least 4 members (excludes halogenated alkanes) is 16. The highest BCUT2D eigenvalue weighted by Crippen LogP contribution is 2.13. The van der Waals surface area contributed by atoms with Gasteiger partial charge in [0.25, 0.3) is 0 Å². The van der Waals surface area contributed by atoms with E-state index in [4.69, 9.17) is 32.7 Å². The van der Waals surface area contributed by atoms with Crippen molar-refractivity contribution in [2.75, 3.05) is 13.2 Å². The molecule has 4 nitrogen and oxygen atoms in total. The number of carbonyl (C=O) groups excluding carboxylic acids is 2. The predicted octanol–water partition coefficient (Wildman–Crippen LogP) is 11.8. The number of ether oxygens (including phenoxy) is 2. The third kappa shape index (κ3) is 22.5. The summed E-state index contributed by atoms with van der Waals surface area (Å²) >= 11 is 11.7. The van der Waals surface area contributed by atoms with Crippen LogP contribution in [0.25, 0.3) is 12.2 Å². The highest BCUT2D eigenvalue weighted by molar-refractivity contribution is 6.30. The summed E-state index contributed by atoms with van der Waals surface area (Å²) in [5.41, 5.74) is 1.85. The van der Waals surface area contributed by atoms with Crippen LogP contribution < -0.4 is 0 Å². The summed E-state index contributed by atoms with van der Waals surface area (Å²) in [7, 11) is 0. The van der Waals surface area contributed by atoms with Crippen LogP contribution in [0.5, 0.6) is 0 Å². The standard InChI is InChI=1S/C40H52Cl2O4/c41-37-27-21-35(22-28-37)25-31-39(43)45-33-19-17-15-13-11-9-7-5-3-1-2-4-6-8-10-12-14-16-18-20-34-46-40(44)32-26-36-23-29-38(42)30-24-36/h21-32H,3-20,33-34H2/b31-25+,32-26+. The van der Waals surface area contributed by atoms with Crippen LogP contribution in [-0.4, -0.2) is 25.2 Å². The number of esters is 2. The van der Waals surface area contributed by atoms with Crippen LogP contribution >= 0.6 is 23.2 Å². The van der Waals surface area contributed by atoms with Gasteiger partial charge in [-0.1, -0.05) is 125 Å². The van der Waals surface area contributed by atoms with E-state index in [9.17, 15) is 9.59 Å². The minimum atomic E-state index is -0.296. The fourth-order valence-corrected chi connectivity index (χ4v) is 5.10. The summed E-state index contributed by atoms with van der Waals surface area (Å²) in [4.78, 5) is 23.6. The molecule has 0 saturated heterocycles. The van der Waals surface area contributed by atoms with E-state index in [2.05, 4.69) is 11.8 Å². The van der Waals surface area contributed by atoms with Gasteiger partial charge in [-0.15, -0.1) is 11.8 Å². The van der Waals surface area contributed by atoms with Crippen molar-refractivity contribution in [1.29, 1.82) is 0 Å². The van der Waals surface area contributed by atoms with Crippen LogP contribution in [0.2, 0.25) is 10.0 Å². The molecular formula is C40H52Cl2O4. The second-order valence-electron chi connectivity index (χ2n) is 11.6. The van der Waals surface area contributed by atoms with Gasteiger partial charge in [0.15, 0.2) is 0 Å². The van der Waals surface area contributed by atoms with E-state index in [0.717, 1.165) is 49.7 Å². The molecule has 0 fully saturated rings. The van der Waals surface area contributed by atoms with Crippen LogP contribution in [0.15, 0.2) is 60.7 Å². The van der Waals surface area contributed by atoms with Gasteiger partial charge in [-0.05, 0) is 73.2 Å². The third-order valence-electron chi connectivity index (χ3n) is 7.57. The molecule has 0 spiro atoms. The summed E-state index contributed by atoms with van der Waals surface area (Å²) in [6.45, 7) is 0.965. The first kappa shape index (κ1) is 39.2. The first-order valence-electron chi connectivity index (χ1n) is 17.2. The first-order valence-corrected chi connectivity index (χ1v) is 17.9. The normalized spacial score (nSPS) is 11.1. The van der Waals surface area contributed by atoms with Gasteiger partial charge < -0.3 is 9.47 Å². The fraction of sp³-hybridized carbons (Fsp3) is 0.500. The van der Waals surface area contributed by atoms with Gasteiger partial charge in [-0.25, -0.2) is 9.59 Å². The summed E-state index contributed by atoms with van der Waals surface area (Å²) in [5, 5.41) is 1.36. The molecule has 0 aliphatic rings. The molecule has 6 heteroatoms. The minimum Gasteiger partial charge on any atom is -0.463 e. The van der Waals surface area contributed by atoms with Gasteiger partial charge >= 0.3 is 11.9 Å². The third-order valence-corrected chi connectivity index (χ3v) is 8.07. The summed E-state index contributed by atoms with van der Waals surface area (Å²) < 4.78 is 10.5. The molecule has 0 N–H and O–H groups in total. The van der Waals surface area contributed by atoms with Gasteiger partial charge in [0.1, 0.15) is 0 Å². The number of hydrogen-bond donors (Lipinski definition) is 0. The van der Waals surface area contributed by atoms with E-state index in [1.54, 1.807) is 36.4 Å². The molecule has 0 heterocycles. The Morgan fingerprint density at radius 3 is 1.13 bits per heavy atom. The van der Waals surface area contributed by atoms with Crippen LogP contribution in [0.3, 0.4) is 0 Å². The molecule has 0 aromatic heterocycles. The van der Waals surface area contributed by atoms with Crippen molar-refractivity contribution in [2.24, 2.45) is 0 Å². The second-order valence-corrected chi connectivity index (χ2v) is 12.5. The average Bonchev–Trinajstić information content (AvgIpc) is 3.06. The number of hydrogen-bond acceptors (Lipinski definition) is 4. The molecule has 0 aliphatic heterocycles. The smallest absolute Gasteiger partial charge is 0.330 e. The monoisotopic (exact) mass is 666 g/mol. The van der Waals surface area contributed by atoms with Crippen molar-refractivity contribution in [3.63, 3.8) is 0 Å². The Balaban J connectivity index is 1.26. The van der Waals surface area contributed by atoms with Crippen LogP contribution in [0.1, 0.15) is 127 Å². The Hall–Kier alpha value is -3.00. The van der Waals surface area contributed by atoms with E-state index in [1.165, 1.54) is 89.2 Å². The predicted molar refractivity (Wildman–Crippen MR) is 194 cm³/mol.